The first-order chi connectivity index (χ1) is 10.3. The number of carbonyl (C=O) groups excluding carboxylic acids is 1. The maximum absolute atomic E-state index is 12.5. The van der Waals surface area contributed by atoms with Crippen molar-refractivity contribution in [2.75, 3.05) is 0 Å². The van der Waals surface area contributed by atoms with Crippen LogP contribution in [0.1, 0.15) is 57.1 Å². The molecule has 1 aromatic carbocycles. The number of hydrogen-bond acceptors (Lipinski definition) is 2. The maximum atomic E-state index is 12.5. The first-order valence-corrected chi connectivity index (χ1v) is 7.89. The highest BCUT2D eigenvalue weighted by molar-refractivity contribution is 5.88. The molecule has 2 unspecified atom stereocenters. The number of aryl methyl sites for hydroxylation is 1. The Bertz CT molecular complexity index is 560. The van der Waals surface area contributed by atoms with Gasteiger partial charge in [0.1, 0.15) is 6.04 Å². The third kappa shape index (κ3) is 4.09. The zero-order valence-corrected chi connectivity index (χ0v) is 13.6. The molecular weight excluding hydrogens is 278 g/mol. The van der Waals surface area contributed by atoms with Crippen molar-refractivity contribution in [3.63, 3.8) is 0 Å². The minimum atomic E-state index is -0.955. The highest BCUT2D eigenvalue weighted by Crippen LogP contribution is 2.33. The molecular formula is C18H25NO3. The van der Waals surface area contributed by atoms with E-state index in [1.165, 1.54) is 5.56 Å². The fourth-order valence-corrected chi connectivity index (χ4v) is 2.94. The van der Waals surface area contributed by atoms with E-state index in [0.29, 0.717) is 6.42 Å². The number of nitrogens with one attached hydrogen (secondary N) is 1. The van der Waals surface area contributed by atoms with Crippen LogP contribution in [0.5, 0.6) is 0 Å². The molecule has 0 bridgehead atoms. The Kier molecular flexibility index (Phi) is 4.89. The molecule has 4 nitrogen and oxygen atoms in total. The largest absolute Gasteiger partial charge is 0.480 e. The Morgan fingerprint density at radius 3 is 2.64 bits per heavy atom. The lowest BCUT2D eigenvalue weighted by Gasteiger charge is -2.23. The normalized spacial score (nSPS) is 18.6. The highest BCUT2D eigenvalue weighted by atomic mass is 16.4. The van der Waals surface area contributed by atoms with Gasteiger partial charge >= 0.3 is 5.97 Å². The summed E-state index contributed by atoms with van der Waals surface area (Å²) in [4.78, 5) is 23.9. The van der Waals surface area contributed by atoms with E-state index in [9.17, 15) is 14.7 Å². The number of hydrogen-bond donors (Lipinski definition) is 2. The number of carbonyl (C=O) groups is 2. The third-order valence-corrected chi connectivity index (χ3v) is 4.25. The summed E-state index contributed by atoms with van der Waals surface area (Å²) in [5.74, 6) is -1.33. The van der Waals surface area contributed by atoms with Crippen molar-refractivity contribution in [1.82, 2.24) is 5.32 Å². The Morgan fingerprint density at radius 1 is 1.32 bits per heavy atom. The average Bonchev–Trinajstić information content (AvgIpc) is 2.85. The standard InChI is InChI=1S/C18H25NO3/c1-18(2,3)11-10-15(17(21)22)19-16(20)14-9-8-12-6-4-5-7-13(12)14/h4-7,14-15H,8-11H2,1-3H3,(H,19,20)(H,21,22). The van der Waals surface area contributed by atoms with Gasteiger partial charge in [-0.15, -0.1) is 0 Å². The summed E-state index contributed by atoms with van der Waals surface area (Å²) in [7, 11) is 0. The van der Waals surface area contributed by atoms with E-state index in [0.717, 1.165) is 24.8 Å². The van der Waals surface area contributed by atoms with Crippen LogP contribution in [-0.4, -0.2) is 23.0 Å². The summed E-state index contributed by atoms with van der Waals surface area (Å²) in [6.07, 6.45) is 2.86. The van der Waals surface area contributed by atoms with Crippen LogP contribution >= 0.6 is 0 Å². The van der Waals surface area contributed by atoms with Crippen molar-refractivity contribution in [3.05, 3.63) is 35.4 Å². The van der Waals surface area contributed by atoms with Gasteiger partial charge in [-0.25, -0.2) is 4.79 Å². The number of aliphatic carboxylic acids is 1. The summed E-state index contributed by atoms with van der Waals surface area (Å²) in [6.45, 7) is 6.21. The van der Waals surface area contributed by atoms with E-state index in [1.807, 2.05) is 24.3 Å². The number of carboxylic acids is 1. The van der Waals surface area contributed by atoms with Crippen LogP contribution in [0.2, 0.25) is 0 Å². The van der Waals surface area contributed by atoms with E-state index in [4.69, 9.17) is 0 Å². The quantitative estimate of drug-likeness (QED) is 0.878. The molecule has 120 valence electrons. The molecule has 2 atom stereocenters. The number of benzene rings is 1. The lowest BCUT2D eigenvalue weighted by Crippen LogP contribution is -2.43. The fraction of sp³-hybridized carbons (Fsp3) is 0.556. The number of fused-ring (bicyclic) bond motifs is 1. The van der Waals surface area contributed by atoms with Gasteiger partial charge in [0, 0.05) is 0 Å². The van der Waals surface area contributed by atoms with Crippen LogP contribution in [0.15, 0.2) is 24.3 Å². The Morgan fingerprint density at radius 2 is 2.00 bits per heavy atom. The molecule has 1 amide bonds. The van der Waals surface area contributed by atoms with E-state index >= 15 is 0 Å². The van der Waals surface area contributed by atoms with E-state index in [1.54, 1.807) is 0 Å². The van der Waals surface area contributed by atoms with Crippen LogP contribution in [0.4, 0.5) is 0 Å². The molecule has 2 rings (SSSR count). The number of amides is 1. The van der Waals surface area contributed by atoms with Crippen molar-refractivity contribution < 1.29 is 14.7 Å². The molecule has 1 aliphatic carbocycles. The molecule has 0 aromatic heterocycles. The average molecular weight is 303 g/mol. The van der Waals surface area contributed by atoms with Crippen LogP contribution in [0.3, 0.4) is 0 Å². The minimum absolute atomic E-state index is 0.0540. The topological polar surface area (TPSA) is 66.4 Å². The van der Waals surface area contributed by atoms with Crippen molar-refractivity contribution >= 4 is 11.9 Å². The Hall–Kier alpha value is -1.84. The molecule has 1 aromatic rings. The van der Waals surface area contributed by atoms with E-state index in [-0.39, 0.29) is 17.2 Å². The second kappa shape index (κ2) is 6.51. The zero-order valence-electron chi connectivity index (χ0n) is 13.6. The van der Waals surface area contributed by atoms with E-state index < -0.39 is 12.0 Å². The smallest absolute Gasteiger partial charge is 0.326 e. The molecule has 0 spiro atoms. The molecule has 4 heteroatoms. The maximum Gasteiger partial charge on any atom is 0.326 e. The lowest BCUT2D eigenvalue weighted by atomic mass is 9.88. The van der Waals surface area contributed by atoms with Gasteiger partial charge in [0.25, 0.3) is 0 Å². The van der Waals surface area contributed by atoms with Crippen LogP contribution < -0.4 is 5.32 Å². The molecule has 0 saturated carbocycles. The molecule has 0 heterocycles. The van der Waals surface area contributed by atoms with Crippen LogP contribution in [-0.2, 0) is 16.0 Å². The van der Waals surface area contributed by atoms with Crippen LogP contribution in [0, 0.1) is 5.41 Å². The molecule has 22 heavy (non-hydrogen) atoms. The van der Waals surface area contributed by atoms with Gasteiger partial charge in [0.2, 0.25) is 5.91 Å². The highest BCUT2D eigenvalue weighted by Gasteiger charge is 2.31. The third-order valence-electron chi connectivity index (χ3n) is 4.25. The monoisotopic (exact) mass is 303 g/mol. The van der Waals surface area contributed by atoms with Gasteiger partial charge < -0.3 is 10.4 Å². The summed E-state index contributed by atoms with van der Waals surface area (Å²) in [6, 6.07) is 7.11. The van der Waals surface area contributed by atoms with Gasteiger partial charge in [-0.2, -0.15) is 0 Å². The molecule has 0 fully saturated rings. The lowest BCUT2D eigenvalue weighted by molar-refractivity contribution is -0.142. The van der Waals surface area contributed by atoms with Crippen molar-refractivity contribution in [1.29, 1.82) is 0 Å². The van der Waals surface area contributed by atoms with Gasteiger partial charge in [-0.05, 0) is 42.2 Å². The van der Waals surface area contributed by atoms with Crippen molar-refractivity contribution in [3.8, 4) is 0 Å². The molecule has 0 aliphatic heterocycles. The summed E-state index contributed by atoms with van der Waals surface area (Å²) in [5, 5.41) is 12.1. The molecule has 0 radical (unpaired) electrons. The summed E-state index contributed by atoms with van der Waals surface area (Å²) < 4.78 is 0. The second-order valence-electron chi connectivity index (χ2n) is 7.29. The predicted octanol–water partition coefficient (Wildman–Crippen LogP) is 3.11. The van der Waals surface area contributed by atoms with Gasteiger partial charge in [-0.1, -0.05) is 45.0 Å². The van der Waals surface area contributed by atoms with Gasteiger partial charge in [0.15, 0.2) is 0 Å². The predicted molar refractivity (Wildman–Crippen MR) is 85.8 cm³/mol. The summed E-state index contributed by atoms with van der Waals surface area (Å²) >= 11 is 0. The van der Waals surface area contributed by atoms with Crippen molar-refractivity contribution in [2.24, 2.45) is 5.41 Å². The Labute approximate surface area is 131 Å². The molecule has 1 aliphatic rings. The first-order valence-electron chi connectivity index (χ1n) is 7.89. The van der Waals surface area contributed by atoms with Crippen molar-refractivity contribution in [2.45, 2.75) is 58.4 Å². The Balaban J connectivity index is 2.02. The van der Waals surface area contributed by atoms with Gasteiger partial charge in [0.05, 0.1) is 5.92 Å². The van der Waals surface area contributed by atoms with Gasteiger partial charge in [-0.3, -0.25) is 4.79 Å². The minimum Gasteiger partial charge on any atom is -0.480 e. The molecule has 2 N–H and O–H groups in total. The van der Waals surface area contributed by atoms with E-state index in [2.05, 4.69) is 26.1 Å². The zero-order chi connectivity index (χ0) is 16.3. The van der Waals surface area contributed by atoms with Crippen LogP contribution in [0.25, 0.3) is 0 Å². The second-order valence-corrected chi connectivity index (χ2v) is 7.29. The SMILES string of the molecule is CC(C)(C)CCC(NC(=O)C1CCc2ccccc21)C(=O)O. The first kappa shape index (κ1) is 16.5. The molecule has 0 saturated heterocycles. The number of carboxylic acid groups (broad SMARTS) is 1. The number of rotatable bonds is 5. The summed E-state index contributed by atoms with van der Waals surface area (Å²) in [5.41, 5.74) is 2.29. The fourth-order valence-electron chi connectivity index (χ4n) is 2.94.